The first-order valence-electron chi connectivity index (χ1n) is 3.43. The van der Waals surface area contributed by atoms with Crippen LogP contribution in [0.5, 0.6) is 5.75 Å². The van der Waals surface area contributed by atoms with Crippen molar-refractivity contribution in [3.05, 3.63) is 23.5 Å². The van der Waals surface area contributed by atoms with Gasteiger partial charge in [0.2, 0.25) is 0 Å². The van der Waals surface area contributed by atoms with Crippen LogP contribution in [0.3, 0.4) is 0 Å². The van der Waals surface area contributed by atoms with E-state index in [0.29, 0.717) is 11.3 Å². The summed E-state index contributed by atoms with van der Waals surface area (Å²) in [4.78, 5) is 3.79. The highest BCUT2D eigenvalue weighted by atomic mass is 35.7. The van der Waals surface area contributed by atoms with Gasteiger partial charge in [0.1, 0.15) is 10.2 Å². The zero-order chi connectivity index (χ0) is 10.1. The topological polar surface area (TPSA) is 91.3 Å². The molecule has 1 rings (SSSR count). The summed E-state index contributed by atoms with van der Waals surface area (Å²) in [6.45, 7) is 3.19. The van der Waals surface area contributed by atoms with Crippen molar-refractivity contribution in [3.8, 4) is 5.75 Å². The number of hydrogen-bond donors (Lipinski definition) is 0. The van der Waals surface area contributed by atoms with Gasteiger partial charge in [-0.25, -0.2) is 0 Å². The van der Waals surface area contributed by atoms with Gasteiger partial charge in [-0.2, -0.15) is 14.0 Å². The number of nitrogens with zero attached hydrogens (tertiary/aromatic N) is 1. The second-order valence-corrected chi connectivity index (χ2v) is 3.41. The molecule has 0 amide bonds. The molecule has 0 spiro atoms. The summed E-state index contributed by atoms with van der Waals surface area (Å²) in [6.07, 6.45) is 1.51. The van der Waals surface area contributed by atoms with Crippen molar-refractivity contribution in [1.29, 1.82) is 0 Å². The molecule has 0 aliphatic carbocycles. The largest absolute Gasteiger partial charge is 0.312 e. The highest BCUT2D eigenvalue weighted by molar-refractivity contribution is 5.34. The van der Waals surface area contributed by atoms with E-state index in [0.717, 1.165) is 0 Å². The average molecular weight is 206 g/mol. The number of hydrogen-bond acceptors (Lipinski definition) is 5. The highest BCUT2D eigenvalue weighted by Crippen LogP contribution is 2.21. The second-order valence-electron chi connectivity index (χ2n) is 2.50. The Kier molecular flexibility index (Phi) is 2.72. The van der Waals surface area contributed by atoms with E-state index in [4.69, 9.17) is 0 Å². The molecule has 0 radical (unpaired) electrons. The number of rotatable bonds is 2. The predicted molar refractivity (Wildman–Crippen MR) is 34.3 cm³/mol. The molecule has 0 N–H and O–H groups in total. The molecule has 1 heterocycles. The van der Waals surface area contributed by atoms with Crippen molar-refractivity contribution in [2.45, 2.75) is 13.8 Å². The maximum Gasteiger partial charge on any atom is 0.312 e. The van der Waals surface area contributed by atoms with Crippen molar-refractivity contribution >= 4 is 0 Å². The molecule has 5 nitrogen and oxygen atoms in total. The Hall–Kier alpha value is -0.880. The number of aryl methyl sites for hydroxylation is 2. The average Bonchev–Trinajstić information content (AvgIpc) is 1.95. The van der Waals surface area contributed by atoms with Crippen LogP contribution in [0.1, 0.15) is 11.3 Å². The molecule has 0 aromatic carbocycles. The first-order valence-corrected chi connectivity index (χ1v) is 4.66. The Balaban J connectivity index is 3.00. The van der Waals surface area contributed by atoms with Crippen molar-refractivity contribution in [1.82, 2.24) is 4.98 Å². The Bertz CT molecular complexity index is 290. The van der Waals surface area contributed by atoms with Gasteiger partial charge in [-0.15, -0.1) is 0 Å². The molecule has 0 bridgehead atoms. The van der Waals surface area contributed by atoms with E-state index < -0.39 is 10.2 Å². The van der Waals surface area contributed by atoms with Gasteiger partial charge in [-0.1, -0.05) is 4.29 Å². The van der Waals surface area contributed by atoms with Crippen molar-refractivity contribution < 1.29 is 28.5 Å². The molecule has 13 heavy (non-hydrogen) atoms. The van der Waals surface area contributed by atoms with E-state index in [2.05, 4.69) is 9.27 Å². The number of aromatic nitrogens is 1. The third-order valence-electron chi connectivity index (χ3n) is 1.45. The summed E-state index contributed by atoms with van der Waals surface area (Å²) < 4.78 is 35.0. The second kappa shape index (κ2) is 3.47. The summed E-state index contributed by atoms with van der Waals surface area (Å²) in [5.74, 6) is -0.000772. The standard InChI is InChI=1S/C7H8ClNO4/c1-5-3-4-9-6(2)7(5)13-8(10,11)12/h3-4H,1-2H3. The molecule has 72 valence electrons. The van der Waals surface area contributed by atoms with Gasteiger partial charge in [0, 0.05) is 11.8 Å². The van der Waals surface area contributed by atoms with Crippen molar-refractivity contribution in [2.75, 3.05) is 0 Å². The molecular formula is C7H8ClNO4. The highest BCUT2D eigenvalue weighted by Gasteiger charge is 2.23. The quantitative estimate of drug-likeness (QED) is 0.556. The Labute approximate surface area is 77.3 Å². The van der Waals surface area contributed by atoms with Crippen LogP contribution in [0.2, 0.25) is 0 Å². The lowest BCUT2D eigenvalue weighted by atomic mass is 10.2. The van der Waals surface area contributed by atoms with Crippen LogP contribution in [-0.4, -0.2) is 4.98 Å². The minimum atomic E-state index is -4.44. The summed E-state index contributed by atoms with van der Waals surface area (Å²) in [7, 11) is -4.44. The third kappa shape index (κ3) is 2.82. The lowest BCUT2D eigenvalue weighted by molar-refractivity contribution is -1.91. The van der Waals surface area contributed by atoms with Crippen LogP contribution in [0.4, 0.5) is 0 Å². The van der Waals surface area contributed by atoms with Gasteiger partial charge in [-0.05, 0) is 19.9 Å². The van der Waals surface area contributed by atoms with E-state index in [-0.39, 0.29) is 5.75 Å². The molecule has 1 aromatic rings. The SMILES string of the molecule is Cc1ccnc(C)c1O[Cl+3]([O-])([O-])[O-]. The first-order chi connectivity index (χ1) is 5.90. The van der Waals surface area contributed by atoms with E-state index in [1.54, 1.807) is 19.9 Å². The summed E-state index contributed by atoms with van der Waals surface area (Å²) in [5.41, 5.74) is 0.923. The zero-order valence-corrected chi connectivity index (χ0v) is 7.87. The first kappa shape index (κ1) is 10.2. The molecule has 0 saturated carbocycles. The Morgan fingerprint density at radius 2 is 1.92 bits per heavy atom. The summed E-state index contributed by atoms with van der Waals surface area (Å²) in [6, 6.07) is 1.56. The van der Waals surface area contributed by atoms with Gasteiger partial charge in [0.25, 0.3) is 0 Å². The van der Waals surface area contributed by atoms with Gasteiger partial charge in [-0.3, -0.25) is 4.98 Å². The third-order valence-corrected chi connectivity index (χ3v) is 1.79. The Morgan fingerprint density at radius 1 is 1.31 bits per heavy atom. The maximum atomic E-state index is 10.3. The fraction of sp³-hybridized carbons (Fsp3) is 0.286. The lowest BCUT2D eigenvalue weighted by Crippen LogP contribution is -2.63. The van der Waals surface area contributed by atoms with Gasteiger partial charge in [0.15, 0.2) is 0 Å². The molecule has 1 aromatic heterocycles. The van der Waals surface area contributed by atoms with Gasteiger partial charge < -0.3 is 0 Å². The molecular weight excluding hydrogens is 198 g/mol. The minimum absolute atomic E-state index is 0.000772. The fourth-order valence-electron chi connectivity index (χ4n) is 0.892. The van der Waals surface area contributed by atoms with Crippen molar-refractivity contribution in [3.63, 3.8) is 0 Å². The lowest BCUT2D eigenvalue weighted by Gasteiger charge is -2.13. The molecule has 0 aliphatic rings. The predicted octanol–water partition coefficient (Wildman–Crippen LogP) is -2.03. The summed E-state index contributed by atoms with van der Waals surface area (Å²) in [5, 5.41) is 0. The summed E-state index contributed by atoms with van der Waals surface area (Å²) >= 11 is 0. The zero-order valence-electron chi connectivity index (χ0n) is 7.11. The van der Waals surface area contributed by atoms with Gasteiger partial charge >= 0.3 is 5.75 Å². The monoisotopic (exact) mass is 205 g/mol. The van der Waals surface area contributed by atoms with E-state index in [1.807, 2.05) is 0 Å². The van der Waals surface area contributed by atoms with Crippen LogP contribution in [0, 0.1) is 24.1 Å². The van der Waals surface area contributed by atoms with Crippen LogP contribution in [-0.2, 0) is 0 Å². The molecule has 0 aliphatic heterocycles. The fourth-order valence-corrected chi connectivity index (χ4v) is 1.31. The maximum absolute atomic E-state index is 10.3. The normalized spacial score (nSPS) is 11.5. The molecule has 0 atom stereocenters. The minimum Gasteiger partial charge on any atom is -0.257 e. The van der Waals surface area contributed by atoms with Gasteiger partial charge in [0.05, 0.1) is 5.69 Å². The van der Waals surface area contributed by atoms with E-state index in [1.165, 1.54) is 6.20 Å². The van der Waals surface area contributed by atoms with E-state index in [9.17, 15) is 14.0 Å². The molecule has 6 heteroatoms. The number of pyridine rings is 1. The molecule has 0 fully saturated rings. The smallest absolute Gasteiger partial charge is 0.257 e. The van der Waals surface area contributed by atoms with Crippen LogP contribution < -0.4 is 18.3 Å². The van der Waals surface area contributed by atoms with Crippen LogP contribution >= 0.6 is 0 Å². The molecule has 0 saturated heterocycles. The number of halogens is 1. The van der Waals surface area contributed by atoms with Crippen LogP contribution in [0.25, 0.3) is 0 Å². The van der Waals surface area contributed by atoms with Crippen LogP contribution in [0.15, 0.2) is 12.3 Å². The van der Waals surface area contributed by atoms with Crippen molar-refractivity contribution in [2.24, 2.45) is 0 Å². The Morgan fingerprint density at radius 3 is 2.38 bits per heavy atom. The van der Waals surface area contributed by atoms with E-state index >= 15 is 0 Å². The molecule has 0 unspecified atom stereocenters.